The molecule has 2 aromatic carbocycles. The highest BCUT2D eigenvalue weighted by Crippen LogP contribution is 2.36. The van der Waals surface area contributed by atoms with Crippen molar-refractivity contribution < 1.29 is 52.5 Å². The Bertz CT molecular complexity index is 2720. The van der Waals surface area contributed by atoms with Gasteiger partial charge in [0.2, 0.25) is 11.6 Å². The first-order valence-electron chi connectivity index (χ1n) is 21.4. The second-order valence-electron chi connectivity index (χ2n) is 17.7. The number of benzene rings is 2. The number of nitrogens with two attached hydrogens (primary N) is 2. The molecule has 0 saturated carbocycles. The molecule has 0 aliphatic heterocycles. The van der Waals surface area contributed by atoms with Crippen LogP contribution < -0.4 is 21.3 Å². The van der Waals surface area contributed by atoms with E-state index in [2.05, 4.69) is 0 Å². The molecular weight excluding hydrogens is 861 g/mol. The van der Waals surface area contributed by atoms with Crippen LogP contribution >= 0.6 is 0 Å². The Morgan fingerprint density at radius 1 is 0.567 bits per heavy atom. The minimum Gasteiger partial charge on any atom is -0.465 e. The summed E-state index contributed by atoms with van der Waals surface area (Å²) in [7, 11) is 2.44. The summed E-state index contributed by atoms with van der Waals surface area (Å²) in [6, 6.07) is 19.3. The number of methoxy groups -OCH3 is 2. The highest BCUT2D eigenvalue weighted by molar-refractivity contribution is 6.15. The molecule has 6 aromatic rings. The van der Waals surface area contributed by atoms with Gasteiger partial charge in [-0.25, -0.2) is 19.2 Å². The predicted molar refractivity (Wildman–Crippen MR) is 253 cm³/mol. The van der Waals surface area contributed by atoms with E-state index in [-0.39, 0.29) is 71.3 Å². The van der Waals surface area contributed by atoms with Crippen molar-refractivity contribution in [3.63, 3.8) is 0 Å². The molecule has 0 fully saturated rings. The lowest BCUT2D eigenvalue weighted by Crippen LogP contribution is -2.40. The second kappa shape index (κ2) is 19.4. The van der Waals surface area contributed by atoms with Gasteiger partial charge in [-0.05, 0) is 116 Å². The maximum atomic E-state index is 14.3. The largest absolute Gasteiger partial charge is 0.465 e. The number of rotatable bonds is 14. The first kappa shape index (κ1) is 48.8. The van der Waals surface area contributed by atoms with E-state index in [0.717, 1.165) is 0 Å². The number of aromatic nitrogens is 2. The second-order valence-corrected chi connectivity index (χ2v) is 17.7. The standard InChI is InChI=1S/C50H56N6O11/c1-29-39(37-15-11-13-21-53(37)41(29)43(57)31-17-19-35(51)33(27-31)45(59)63-9)55(47(61)66-49(3,4)5)23-25-65-26-24-56(48(62)67-50(6,7)8)40-30(2)42(54-22-14-12-16-38(40)54)44(58)32-18-20-36(52)34(28-32)46(60)64-10/h11-22,27-28H,23-26,51-52H2,1-10H3. The molecule has 0 saturated heterocycles. The molecule has 17 heteroatoms. The van der Waals surface area contributed by atoms with Gasteiger partial charge in [-0.2, -0.15) is 0 Å². The summed E-state index contributed by atoms with van der Waals surface area (Å²) in [5.41, 5.74) is 14.2. The van der Waals surface area contributed by atoms with Crippen LogP contribution in [-0.2, 0) is 23.7 Å². The molecule has 0 atom stereocenters. The van der Waals surface area contributed by atoms with Crippen LogP contribution in [-0.4, -0.2) is 96.2 Å². The predicted octanol–water partition coefficient (Wildman–Crippen LogP) is 8.21. The number of amides is 2. The van der Waals surface area contributed by atoms with E-state index in [0.29, 0.717) is 33.5 Å². The Labute approximate surface area is 388 Å². The zero-order valence-electron chi connectivity index (χ0n) is 39.3. The Morgan fingerprint density at radius 2 is 0.940 bits per heavy atom. The topological polar surface area (TPSA) is 216 Å². The van der Waals surface area contributed by atoms with Crippen LogP contribution in [0.15, 0.2) is 85.2 Å². The van der Waals surface area contributed by atoms with Crippen LogP contribution in [0.3, 0.4) is 0 Å². The number of carbonyl (C=O) groups is 6. The number of carbonyl (C=O) groups excluding carboxylic acids is 6. The number of hydrogen-bond donors (Lipinski definition) is 2. The van der Waals surface area contributed by atoms with Gasteiger partial charge in [-0.1, -0.05) is 12.1 Å². The average Bonchev–Trinajstić information content (AvgIpc) is 3.73. The van der Waals surface area contributed by atoms with E-state index in [9.17, 15) is 28.8 Å². The van der Waals surface area contributed by atoms with Crippen molar-refractivity contribution in [3.8, 4) is 0 Å². The van der Waals surface area contributed by atoms with E-state index in [1.807, 2.05) is 0 Å². The number of esters is 2. The SMILES string of the molecule is COC(=O)c1cc(C(=O)c2c(C)c(N(CCOCCN(C(=O)OC(C)(C)C)c3c(C)c(C(=O)c4ccc(N)c(C(=O)OC)c4)n4ccccc34)C(=O)OC(C)(C)C)c3ccccn23)ccc1N. The Balaban J connectivity index is 1.33. The number of pyridine rings is 2. The van der Waals surface area contributed by atoms with E-state index in [1.165, 1.54) is 60.4 Å². The van der Waals surface area contributed by atoms with Crippen LogP contribution in [0.2, 0.25) is 0 Å². The first-order valence-corrected chi connectivity index (χ1v) is 21.4. The maximum absolute atomic E-state index is 14.3. The summed E-state index contributed by atoms with van der Waals surface area (Å²) in [4.78, 5) is 84.8. The fourth-order valence-electron chi connectivity index (χ4n) is 7.75. The lowest BCUT2D eigenvalue weighted by molar-refractivity contribution is 0.0546. The smallest absolute Gasteiger partial charge is 0.414 e. The maximum Gasteiger partial charge on any atom is 0.414 e. The van der Waals surface area contributed by atoms with Gasteiger partial charge in [-0.15, -0.1) is 0 Å². The Morgan fingerprint density at radius 3 is 1.28 bits per heavy atom. The number of anilines is 4. The van der Waals surface area contributed by atoms with Gasteiger partial charge in [0, 0.05) is 46.0 Å². The average molecular weight is 917 g/mol. The molecule has 67 heavy (non-hydrogen) atoms. The number of nitrogen functional groups attached to an aromatic ring is 2. The number of ether oxygens (including phenoxy) is 5. The minimum absolute atomic E-state index is 0.0352. The summed E-state index contributed by atoms with van der Waals surface area (Å²) in [5, 5.41) is 0. The van der Waals surface area contributed by atoms with E-state index < -0.39 is 46.9 Å². The molecule has 0 radical (unpaired) electrons. The van der Waals surface area contributed by atoms with Crippen molar-refractivity contribution in [2.24, 2.45) is 0 Å². The highest BCUT2D eigenvalue weighted by Gasteiger charge is 2.33. The Hall–Kier alpha value is -7.66. The molecule has 0 aliphatic carbocycles. The van der Waals surface area contributed by atoms with Gasteiger partial charge in [0.1, 0.15) is 11.2 Å². The van der Waals surface area contributed by atoms with Gasteiger partial charge in [-0.3, -0.25) is 19.4 Å². The summed E-state index contributed by atoms with van der Waals surface area (Å²) in [6.07, 6.45) is 2.01. The van der Waals surface area contributed by atoms with Crippen molar-refractivity contribution >= 4 is 69.5 Å². The molecule has 2 amide bonds. The molecule has 4 aromatic heterocycles. The van der Waals surface area contributed by atoms with Gasteiger partial charge in [0.05, 0.1) is 85.4 Å². The lowest BCUT2D eigenvalue weighted by atomic mass is 10.0. The Kier molecular flexibility index (Phi) is 14.2. The van der Waals surface area contributed by atoms with Crippen molar-refractivity contribution in [1.29, 1.82) is 0 Å². The summed E-state index contributed by atoms with van der Waals surface area (Å²) < 4.78 is 31.1. The fraction of sp³-hybridized carbons (Fsp3) is 0.320. The van der Waals surface area contributed by atoms with Crippen LogP contribution in [0, 0.1) is 13.8 Å². The number of hydrogen-bond acceptors (Lipinski definition) is 13. The molecule has 0 aliphatic rings. The molecule has 4 N–H and O–H groups in total. The molecule has 4 heterocycles. The monoisotopic (exact) mass is 916 g/mol. The minimum atomic E-state index is -0.892. The van der Waals surface area contributed by atoms with E-state index >= 15 is 0 Å². The van der Waals surface area contributed by atoms with E-state index in [1.54, 1.807) is 113 Å². The van der Waals surface area contributed by atoms with Crippen molar-refractivity contribution in [2.75, 3.05) is 61.8 Å². The summed E-state index contributed by atoms with van der Waals surface area (Å²) >= 11 is 0. The third kappa shape index (κ3) is 10.3. The van der Waals surface area contributed by atoms with Crippen LogP contribution in [0.5, 0.6) is 0 Å². The fourth-order valence-corrected chi connectivity index (χ4v) is 7.75. The highest BCUT2D eigenvalue weighted by atomic mass is 16.6. The van der Waals surface area contributed by atoms with Crippen molar-refractivity contribution in [3.05, 3.63) is 130 Å². The van der Waals surface area contributed by atoms with Crippen molar-refractivity contribution in [1.82, 2.24) is 8.80 Å². The van der Waals surface area contributed by atoms with Gasteiger partial charge < -0.3 is 44.0 Å². The third-order valence-electron chi connectivity index (χ3n) is 10.7. The molecule has 0 bridgehead atoms. The number of ketones is 2. The van der Waals surface area contributed by atoms with Gasteiger partial charge in [0.15, 0.2) is 0 Å². The quantitative estimate of drug-likeness (QED) is 0.0347. The van der Waals surface area contributed by atoms with E-state index in [4.69, 9.17) is 35.2 Å². The van der Waals surface area contributed by atoms with Gasteiger partial charge >= 0.3 is 24.1 Å². The molecule has 0 unspecified atom stereocenters. The normalized spacial score (nSPS) is 11.6. The summed E-state index contributed by atoms with van der Waals surface area (Å²) in [6.45, 7) is 13.7. The zero-order chi connectivity index (χ0) is 49.1. The number of nitrogens with zero attached hydrogens (tertiary/aromatic N) is 4. The molecular formula is C50H56N6O11. The van der Waals surface area contributed by atoms with Crippen LogP contribution in [0.1, 0.15) is 105 Å². The van der Waals surface area contributed by atoms with Crippen molar-refractivity contribution in [2.45, 2.75) is 66.6 Å². The van der Waals surface area contributed by atoms with Crippen LogP contribution in [0.25, 0.3) is 11.0 Å². The zero-order valence-corrected chi connectivity index (χ0v) is 39.3. The van der Waals surface area contributed by atoms with Gasteiger partial charge in [0.25, 0.3) is 0 Å². The molecule has 17 nitrogen and oxygen atoms in total. The molecule has 0 spiro atoms. The molecule has 352 valence electrons. The third-order valence-corrected chi connectivity index (χ3v) is 10.7. The first-order chi connectivity index (χ1) is 31.6. The molecule has 6 rings (SSSR count). The summed E-state index contributed by atoms with van der Waals surface area (Å²) in [5.74, 6) is -2.26. The van der Waals surface area contributed by atoms with Crippen LogP contribution in [0.4, 0.5) is 32.3 Å². The number of fused-ring (bicyclic) bond motifs is 2. The lowest BCUT2D eigenvalue weighted by Gasteiger charge is -2.29.